The third-order valence-electron chi connectivity index (χ3n) is 8.43. The molecule has 21 heteroatoms. The third kappa shape index (κ3) is 9.77. The lowest BCUT2D eigenvalue weighted by atomic mass is 9.69. The Labute approximate surface area is 310 Å². The number of nitrogens with one attached hydrogen (secondary N) is 2. The number of terminal acetylenes is 1. The first-order valence-corrected chi connectivity index (χ1v) is 16.3. The highest BCUT2D eigenvalue weighted by atomic mass is 35.5. The Kier molecular flexibility index (Phi) is 14.0. The number of Topliss-reactive ketones (excluding diaryl/α,β-unsaturated/α-hetero) is 2. The maximum Gasteiger partial charge on any atom is 0.325 e. The molecule has 0 saturated carbocycles. The van der Waals surface area contributed by atoms with Gasteiger partial charge in [0.25, 0.3) is 5.91 Å². The summed E-state index contributed by atoms with van der Waals surface area (Å²) in [6, 6.07) is -2.07. The number of carbonyl (C=O) groups is 7. The second-order valence-corrected chi connectivity index (χ2v) is 12.5. The number of nitrogens with two attached hydrogens (primary N) is 3. The molecule has 4 atom stereocenters. The predicted molar refractivity (Wildman–Crippen MR) is 189 cm³/mol. The van der Waals surface area contributed by atoms with Crippen molar-refractivity contribution in [3.8, 4) is 18.2 Å². The smallest absolute Gasteiger partial charge is 0.325 e. The Bertz CT molecular complexity index is 2010. The third-order valence-corrected chi connectivity index (χ3v) is 8.74. The molecule has 54 heavy (non-hydrogen) atoms. The van der Waals surface area contributed by atoms with Crippen LogP contribution in [0.3, 0.4) is 0 Å². The SMILES string of the molecule is C#CCN(CCc1c[nH]c2nc(N)nc(O)c12)c1ccc(C(=O)N[C@@H](CCC(=O)O)C(=O)C(C[C@H](N)C(=O)O)(C(=O)O)C(=O)[C@@H](N)CCC(=O)O)c(Cl)c1. The number of aromatic amines is 1. The number of aromatic nitrogens is 3. The number of aromatic hydroxyl groups is 1. The summed E-state index contributed by atoms with van der Waals surface area (Å²) in [6.45, 7) is 0.316. The number of anilines is 2. The van der Waals surface area contributed by atoms with Crippen molar-refractivity contribution in [1.29, 1.82) is 0 Å². The van der Waals surface area contributed by atoms with Crippen LogP contribution in [0.15, 0.2) is 24.4 Å². The molecule has 1 aromatic carbocycles. The number of rotatable bonds is 21. The van der Waals surface area contributed by atoms with E-state index in [0.717, 1.165) is 0 Å². The summed E-state index contributed by atoms with van der Waals surface area (Å²) in [7, 11) is 0. The van der Waals surface area contributed by atoms with Gasteiger partial charge >= 0.3 is 23.9 Å². The van der Waals surface area contributed by atoms with E-state index in [1.807, 2.05) is 0 Å². The van der Waals surface area contributed by atoms with Gasteiger partial charge in [-0.1, -0.05) is 17.5 Å². The molecule has 1 unspecified atom stereocenters. The van der Waals surface area contributed by atoms with Crippen LogP contribution in [0.2, 0.25) is 5.02 Å². The van der Waals surface area contributed by atoms with Crippen molar-refractivity contribution in [1.82, 2.24) is 20.3 Å². The molecule has 0 aliphatic rings. The molecule has 2 aromatic heterocycles. The Balaban J connectivity index is 1.96. The topological polar surface area (TPSA) is 356 Å². The van der Waals surface area contributed by atoms with E-state index in [-0.39, 0.29) is 35.5 Å². The molecule has 0 spiro atoms. The molecule has 0 fully saturated rings. The number of carboxylic acid groups (broad SMARTS) is 4. The van der Waals surface area contributed by atoms with Crippen molar-refractivity contribution in [2.24, 2.45) is 16.9 Å². The summed E-state index contributed by atoms with van der Waals surface area (Å²) in [5.74, 6) is -9.21. The first-order chi connectivity index (χ1) is 25.3. The van der Waals surface area contributed by atoms with E-state index >= 15 is 0 Å². The number of H-pyrrole nitrogens is 1. The number of carbonyl (C=O) groups excluding carboxylic acids is 3. The zero-order valence-corrected chi connectivity index (χ0v) is 29.1. The first-order valence-electron chi connectivity index (χ1n) is 15.9. The number of amides is 1. The molecule has 3 rings (SSSR count). The largest absolute Gasteiger partial charge is 0.493 e. The molecule has 0 saturated heterocycles. The van der Waals surface area contributed by atoms with Crippen molar-refractivity contribution < 1.29 is 59.1 Å². The van der Waals surface area contributed by atoms with Crippen LogP contribution in [-0.4, -0.2) is 113 Å². The normalized spacial score (nSPS) is 13.8. The van der Waals surface area contributed by atoms with Gasteiger partial charge in [0.2, 0.25) is 11.8 Å². The second kappa shape index (κ2) is 18.0. The molecule has 0 radical (unpaired) electrons. The zero-order chi connectivity index (χ0) is 40.5. The number of benzene rings is 1. The molecular weight excluding hydrogens is 736 g/mol. The highest BCUT2D eigenvalue weighted by Crippen LogP contribution is 2.33. The van der Waals surface area contributed by atoms with E-state index in [1.54, 1.807) is 11.1 Å². The van der Waals surface area contributed by atoms with Gasteiger partial charge in [0.05, 0.1) is 34.6 Å². The van der Waals surface area contributed by atoms with Crippen molar-refractivity contribution in [3.05, 3.63) is 40.5 Å². The highest BCUT2D eigenvalue weighted by molar-refractivity contribution is 6.34. The van der Waals surface area contributed by atoms with Gasteiger partial charge in [-0.15, -0.1) is 6.42 Å². The van der Waals surface area contributed by atoms with Crippen LogP contribution >= 0.6 is 11.6 Å². The lowest BCUT2D eigenvalue weighted by molar-refractivity contribution is -0.162. The number of nitrogens with zero attached hydrogens (tertiary/aromatic N) is 3. The average molecular weight is 773 g/mol. The molecule has 288 valence electrons. The first kappa shape index (κ1) is 42.1. The molecule has 3 aromatic rings. The number of carboxylic acids is 4. The minimum atomic E-state index is -3.35. The summed E-state index contributed by atoms with van der Waals surface area (Å²) < 4.78 is 0. The minimum Gasteiger partial charge on any atom is -0.493 e. The van der Waals surface area contributed by atoms with E-state index in [4.69, 9.17) is 40.3 Å². The summed E-state index contributed by atoms with van der Waals surface area (Å²) in [6.07, 6.45) is 3.15. The predicted octanol–water partition coefficient (Wildman–Crippen LogP) is -0.252. The van der Waals surface area contributed by atoms with Crippen LogP contribution in [0, 0.1) is 17.8 Å². The lowest BCUT2D eigenvalue weighted by Crippen LogP contribution is -2.61. The quantitative estimate of drug-likeness (QED) is 0.0492. The standard InChI is InChI=1S/C33H37ClN8O12/c1-2-10-42(11-9-15-14-38-27-24(15)29(50)41-32(37)40-27)16-3-4-17(18(34)12-16)28(49)39-21(6-8-23(45)46)26(48)33(31(53)54,13-20(36)30(51)52)25(47)19(35)5-7-22(43)44/h1,3-4,12,14,19-21H,5-11,13,35-36H2,(H,39,49)(H,43,44)(H,45,46)(H,51,52)(H,53,54)(H4,37,38,40,41,50)/t19-,20-,21-,33?/m0/s1. The van der Waals surface area contributed by atoms with Crippen LogP contribution in [0.1, 0.15) is 48.0 Å². The molecule has 13 N–H and O–H groups in total. The molecule has 1 amide bonds. The van der Waals surface area contributed by atoms with Crippen molar-refractivity contribution >= 4 is 75.6 Å². The van der Waals surface area contributed by atoms with Crippen molar-refractivity contribution in [3.63, 3.8) is 0 Å². The fourth-order valence-corrected chi connectivity index (χ4v) is 5.94. The van der Waals surface area contributed by atoms with E-state index < -0.39 is 97.0 Å². The maximum atomic E-state index is 14.1. The van der Waals surface area contributed by atoms with Gasteiger partial charge in [-0.3, -0.25) is 33.6 Å². The monoisotopic (exact) mass is 772 g/mol. The number of hydrogen-bond acceptors (Lipinski definition) is 14. The summed E-state index contributed by atoms with van der Waals surface area (Å²) in [5, 5.41) is 50.8. The highest BCUT2D eigenvalue weighted by Gasteiger charge is 2.57. The summed E-state index contributed by atoms with van der Waals surface area (Å²) >= 11 is 6.49. The van der Waals surface area contributed by atoms with Crippen molar-refractivity contribution in [2.45, 2.75) is 56.7 Å². The van der Waals surface area contributed by atoms with Gasteiger partial charge < -0.3 is 57.9 Å². The Morgan fingerprint density at radius 2 is 1.63 bits per heavy atom. The zero-order valence-electron chi connectivity index (χ0n) is 28.3. The van der Waals surface area contributed by atoms with Gasteiger partial charge in [0.1, 0.15) is 11.7 Å². The molecule has 0 bridgehead atoms. The number of hydrogen-bond donors (Lipinski definition) is 10. The van der Waals surface area contributed by atoms with E-state index in [9.17, 15) is 54.0 Å². The molecular formula is C33H37ClN8O12. The van der Waals surface area contributed by atoms with Crippen LogP contribution in [0.4, 0.5) is 11.6 Å². The maximum absolute atomic E-state index is 14.1. The van der Waals surface area contributed by atoms with Gasteiger partial charge in [-0.25, -0.2) is 0 Å². The molecule has 2 heterocycles. The average Bonchev–Trinajstić information content (AvgIpc) is 3.51. The van der Waals surface area contributed by atoms with Gasteiger partial charge in [0, 0.05) is 37.7 Å². The fourth-order valence-electron chi connectivity index (χ4n) is 5.68. The number of fused-ring (bicyclic) bond motifs is 1. The number of nitrogen functional groups attached to an aromatic ring is 1. The van der Waals surface area contributed by atoms with Crippen LogP contribution in [0.5, 0.6) is 5.88 Å². The Morgan fingerprint density at radius 1 is 0.981 bits per heavy atom. The molecule has 0 aliphatic heterocycles. The fraction of sp³-hybridized carbons (Fsp3) is 0.364. The van der Waals surface area contributed by atoms with Crippen LogP contribution in [-0.2, 0) is 35.2 Å². The molecule has 20 nitrogen and oxygen atoms in total. The van der Waals surface area contributed by atoms with Crippen LogP contribution in [0.25, 0.3) is 11.0 Å². The van der Waals surface area contributed by atoms with Gasteiger partial charge in [-0.2, -0.15) is 9.97 Å². The number of aliphatic carboxylic acids is 4. The molecule has 0 aliphatic carbocycles. The summed E-state index contributed by atoms with van der Waals surface area (Å²) in [5.41, 5.74) is 14.7. The second-order valence-electron chi connectivity index (χ2n) is 12.1. The minimum absolute atomic E-state index is 0.0593. The van der Waals surface area contributed by atoms with Crippen LogP contribution < -0.4 is 27.4 Å². The van der Waals surface area contributed by atoms with Gasteiger partial charge in [-0.05, 0) is 43.0 Å². The van der Waals surface area contributed by atoms with E-state index in [0.29, 0.717) is 28.7 Å². The number of halogens is 1. The number of ketones is 2. The van der Waals surface area contributed by atoms with E-state index in [1.165, 1.54) is 18.2 Å². The lowest BCUT2D eigenvalue weighted by Gasteiger charge is -2.33. The van der Waals surface area contributed by atoms with Crippen molar-refractivity contribution in [2.75, 3.05) is 23.7 Å². The Morgan fingerprint density at radius 3 is 2.20 bits per heavy atom. The summed E-state index contributed by atoms with van der Waals surface area (Å²) in [4.78, 5) is 101. The van der Waals surface area contributed by atoms with E-state index in [2.05, 4.69) is 26.2 Å². The van der Waals surface area contributed by atoms with Gasteiger partial charge in [0.15, 0.2) is 17.0 Å². The Hall–Kier alpha value is -6.30.